The van der Waals surface area contributed by atoms with E-state index in [1.165, 1.54) is 0 Å². The summed E-state index contributed by atoms with van der Waals surface area (Å²) >= 11 is 0. The van der Waals surface area contributed by atoms with E-state index in [4.69, 9.17) is 5.73 Å². The zero-order valence-electron chi connectivity index (χ0n) is 6.35. The first kappa shape index (κ1) is 9.78. The summed E-state index contributed by atoms with van der Waals surface area (Å²) in [6.45, 7) is 0.617. The van der Waals surface area contributed by atoms with Crippen molar-refractivity contribution < 1.29 is 8.78 Å². The molecule has 2 N–H and O–H groups in total. The Kier molecular flexibility index (Phi) is 4.47. The number of halogens is 2. The Bertz CT molecular complexity index is 85.8. The number of hydrogen-bond donors (Lipinski definition) is 1. The molecule has 0 radical (unpaired) electrons. The number of rotatable bonds is 4. The van der Waals surface area contributed by atoms with Crippen LogP contribution in [0.25, 0.3) is 0 Å². The highest BCUT2D eigenvalue weighted by atomic mass is 19.3. The van der Waals surface area contributed by atoms with Crippen LogP contribution in [0.2, 0.25) is 0 Å². The minimum absolute atomic E-state index is 0.352. The van der Waals surface area contributed by atoms with Crippen molar-refractivity contribution in [3.05, 3.63) is 0 Å². The molecule has 0 aromatic rings. The molecule has 0 aromatic carbocycles. The van der Waals surface area contributed by atoms with E-state index in [0.717, 1.165) is 0 Å². The van der Waals surface area contributed by atoms with Gasteiger partial charge in [-0.05, 0) is 27.1 Å². The predicted octanol–water partition coefficient (Wildman–Crippen LogP) is 0.531. The Hall–Kier alpha value is -0.220. The first-order valence-electron chi connectivity index (χ1n) is 3.22. The Labute approximate surface area is 60.0 Å². The van der Waals surface area contributed by atoms with E-state index in [1.807, 2.05) is 19.0 Å². The molecule has 0 bridgehead atoms. The molecule has 0 fully saturated rings. The molecule has 0 aliphatic rings. The molecule has 0 spiro atoms. The lowest BCUT2D eigenvalue weighted by atomic mass is 10.2. The fourth-order valence-corrected chi connectivity index (χ4v) is 0.533. The standard InChI is InChI=1S/C6H14F2N2/c1-10(2)4-3-5(9)6(7)8/h5-6H,3-4,9H2,1-2H3. The van der Waals surface area contributed by atoms with E-state index in [9.17, 15) is 8.78 Å². The van der Waals surface area contributed by atoms with Crippen molar-refractivity contribution in [2.75, 3.05) is 20.6 Å². The van der Waals surface area contributed by atoms with Gasteiger partial charge >= 0.3 is 0 Å². The SMILES string of the molecule is CN(C)CCC(N)C(F)F. The minimum atomic E-state index is -2.39. The smallest absolute Gasteiger partial charge is 0.253 e. The van der Waals surface area contributed by atoms with Crippen molar-refractivity contribution in [3.63, 3.8) is 0 Å². The maximum absolute atomic E-state index is 11.7. The van der Waals surface area contributed by atoms with Gasteiger partial charge in [0.25, 0.3) is 6.43 Å². The molecule has 0 aromatic heterocycles. The van der Waals surface area contributed by atoms with E-state index in [0.29, 0.717) is 13.0 Å². The molecule has 4 heteroatoms. The van der Waals surface area contributed by atoms with Gasteiger partial charge < -0.3 is 10.6 Å². The second-order valence-electron chi connectivity index (χ2n) is 2.59. The Balaban J connectivity index is 3.30. The monoisotopic (exact) mass is 152 g/mol. The molecule has 0 aliphatic heterocycles. The summed E-state index contributed by atoms with van der Waals surface area (Å²) in [5.41, 5.74) is 5.09. The van der Waals surface area contributed by atoms with Crippen LogP contribution >= 0.6 is 0 Å². The molecule has 62 valence electrons. The summed E-state index contributed by atoms with van der Waals surface area (Å²) < 4.78 is 23.5. The van der Waals surface area contributed by atoms with Gasteiger partial charge in [-0.2, -0.15) is 0 Å². The zero-order valence-corrected chi connectivity index (χ0v) is 6.35. The van der Waals surface area contributed by atoms with Crippen molar-refractivity contribution >= 4 is 0 Å². The molecule has 0 saturated carbocycles. The van der Waals surface area contributed by atoms with E-state index in [1.54, 1.807) is 0 Å². The lowest BCUT2D eigenvalue weighted by Crippen LogP contribution is -2.32. The molecule has 2 nitrogen and oxygen atoms in total. The quantitative estimate of drug-likeness (QED) is 0.636. The van der Waals surface area contributed by atoms with Gasteiger partial charge in [0, 0.05) is 0 Å². The van der Waals surface area contributed by atoms with E-state index >= 15 is 0 Å². The molecule has 1 unspecified atom stereocenters. The summed E-state index contributed by atoms with van der Waals surface area (Å²) in [6, 6.07) is -0.970. The summed E-state index contributed by atoms with van der Waals surface area (Å²) in [6.07, 6.45) is -2.04. The molecule has 10 heavy (non-hydrogen) atoms. The maximum Gasteiger partial charge on any atom is 0.253 e. The average Bonchev–Trinajstić information content (AvgIpc) is 1.82. The second kappa shape index (κ2) is 4.57. The van der Waals surface area contributed by atoms with Crippen LogP contribution < -0.4 is 5.73 Å². The highest BCUT2D eigenvalue weighted by Gasteiger charge is 2.14. The molecule has 0 heterocycles. The highest BCUT2D eigenvalue weighted by Crippen LogP contribution is 2.01. The zero-order chi connectivity index (χ0) is 8.15. The van der Waals surface area contributed by atoms with Crippen molar-refractivity contribution in [1.82, 2.24) is 4.90 Å². The van der Waals surface area contributed by atoms with Gasteiger partial charge in [-0.15, -0.1) is 0 Å². The molecular weight excluding hydrogens is 138 g/mol. The molecule has 0 aliphatic carbocycles. The normalized spacial score (nSPS) is 14.7. The molecule has 0 saturated heterocycles. The second-order valence-corrected chi connectivity index (χ2v) is 2.59. The lowest BCUT2D eigenvalue weighted by Gasteiger charge is -2.13. The van der Waals surface area contributed by atoms with Crippen molar-refractivity contribution in [3.8, 4) is 0 Å². The molecule has 1 atom stereocenters. The topological polar surface area (TPSA) is 29.3 Å². The van der Waals surface area contributed by atoms with Gasteiger partial charge in [0.1, 0.15) is 0 Å². The lowest BCUT2D eigenvalue weighted by molar-refractivity contribution is 0.108. The molecule has 0 rings (SSSR count). The third-order valence-electron chi connectivity index (χ3n) is 1.23. The first-order valence-corrected chi connectivity index (χ1v) is 3.22. The van der Waals surface area contributed by atoms with Crippen LogP contribution in [0.15, 0.2) is 0 Å². The van der Waals surface area contributed by atoms with Crippen molar-refractivity contribution in [2.45, 2.75) is 18.9 Å². The first-order chi connectivity index (χ1) is 4.54. The maximum atomic E-state index is 11.7. The van der Waals surface area contributed by atoms with E-state index < -0.39 is 12.5 Å². The molecule has 0 amide bonds. The van der Waals surface area contributed by atoms with Crippen LogP contribution in [0.5, 0.6) is 0 Å². The van der Waals surface area contributed by atoms with Crippen molar-refractivity contribution in [1.29, 1.82) is 0 Å². The summed E-state index contributed by atoms with van der Waals surface area (Å²) in [5.74, 6) is 0. The fraction of sp³-hybridized carbons (Fsp3) is 1.00. The Morgan fingerprint density at radius 1 is 1.40 bits per heavy atom. The number of nitrogens with zero attached hydrogens (tertiary/aromatic N) is 1. The minimum Gasteiger partial charge on any atom is -0.323 e. The number of nitrogens with two attached hydrogens (primary N) is 1. The number of alkyl halides is 2. The van der Waals surface area contributed by atoms with Crippen LogP contribution in [0, 0.1) is 0 Å². The summed E-state index contributed by atoms with van der Waals surface area (Å²) in [7, 11) is 3.66. The number of hydrogen-bond acceptors (Lipinski definition) is 2. The van der Waals surface area contributed by atoms with Gasteiger partial charge in [0.05, 0.1) is 6.04 Å². The highest BCUT2D eigenvalue weighted by molar-refractivity contribution is 4.64. The Morgan fingerprint density at radius 3 is 2.20 bits per heavy atom. The fourth-order valence-electron chi connectivity index (χ4n) is 0.533. The third kappa shape index (κ3) is 4.64. The predicted molar refractivity (Wildman–Crippen MR) is 37.2 cm³/mol. The van der Waals surface area contributed by atoms with Crippen LogP contribution in [0.4, 0.5) is 8.78 Å². The average molecular weight is 152 g/mol. The molecular formula is C6H14F2N2. The summed E-state index contributed by atoms with van der Waals surface area (Å²) in [5, 5.41) is 0. The summed E-state index contributed by atoms with van der Waals surface area (Å²) in [4.78, 5) is 1.84. The van der Waals surface area contributed by atoms with Gasteiger partial charge in [0.2, 0.25) is 0 Å². The third-order valence-corrected chi connectivity index (χ3v) is 1.23. The van der Waals surface area contributed by atoms with Crippen LogP contribution in [0.3, 0.4) is 0 Å². The van der Waals surface area contributed by atoms with Gasteiger partial charge in [-0.1, -0.05) is 0 Å². The van der Waals surface area contributed by atoms with Gasteiger partial charge in [-0.3, -0.25) is 0 Å². The van der Waals surface area contributed by atoms with Crippen LogP contribution in [-0.4, -0.2) is 38.0 Å². The van der Waals surface area contributed by atoms with E-state index in [-0.39, 0.29) is 0 Å². The Morgan fingerprint density at radius 2 is 1.90 bits per heavy atom. The van der Waals surface area contributed by atoms with Crippen LogP contribution in [0.1, 0.15) is 6.42 Å². The van der Waals surface area contributed by atoms with E-state index in [2.05, 4.69) is 0 Å². The van der Waals surface area contributed by atoms with Crippen molar-refractivity contribution in [2.24, 2.45) is 5.73 Å². The van der Waals surface area contributed by atoms with Gasteiger partial charge in [-0.25, -0.2) is 8.78 Å². The van der Waals surface area contributed by atoms with Crippen LogP contribution in [-0.2, 0) is 0 Å². The largest absolute Gasteiger partial charge is 0.323 e. The van der Waals surface area contributed by atoms with Gasteiger partial charge in [0.15, 0.2) is 0 Å².